The van der Waals surface area contributed by atoms with E-state index in [0.717, 1.165) is 38.4 Å². The number of benzene rings is 1. The Hall–Kier alpha value is -1.43. The van der Waals surface area contributed by atoms with Crippen molar-refractivity contribution in [3.63, 3.8) is 0 Å². The molecule has 0 atom stereocenters. The van der Waals surface area contributed by atoms with Gasteiger partial charge >= 0.3 is 0 Å². The number of amides is 1. The second kappa shape index (κ2) is 6.56. The molecule has 110 valence electrons. The Bertz CT molecular complexity index is 609. The summed E-state index contributed by atoms with van der Waals surface area (Å²) in [5, 5.41) is 2.67. The van der Waals surface area contributed by atoms with Gasteiger partial charge in [-0.2, -0.15) is 0 Å². The SMILES string of the molecule is O=C(c1cccc(Cl)c1)N1CCN(Cc2cscn2)CC1. The lowest BCUT2D eigenvalue weighted by Crippen LogP contribution is -2.48. The van der Waals surface area contributed by atoms with Crippen molar-refractivity contribution in [1.82, 2.24) is 14.8 Å². The van der Waals surface area contributed by atoms with Crippen LogP contribution in [0.4, 0.5) is 0 Å². The Balaban J connectivity index is 1.57. The van der Waals surface area contributed by atoms with Crippen LogP contribution >= 0.6 is 22.9 Å². The summed E-state index contributed by atoms with van der Waals surface area (Å²) in [6, 6.07) is 7.14. The summed E-state index contributed by atoms with van der Waals surface area (Å²) in [6.45, 7) is 4.11. The smallest absolute Gasteiger partial charge is 0.253 e. The van der Waals surface area contributed by atoms with Crippen molar-refractivity contribution in [2.24, 2.45) is 0 Å². The van der Waals surface area contributed by atoms with E-state index in [2.05, 4.69) is 15.3 Å². The first-order chi connectivity index (χ1) is 10.2. The van der Waals surface area contributed by atoms with E-state index in [0.29, 0.717) is 10.6 Å². The molecule has 1 aliphatic heterocycles. The van der Waals surface area contributed by atoms with Crippen molar-refractivity contribution >= 4 is 28.8 Å². The predicted octanol–water partition coefficient (Wildman–Crippen LogP) is 2.75. The molecule has 2 heterocycles. The minimum Gasteiger partial charge on any atom is -0.336 e. The van der Waals surface area contributed by atoms with Crippen molar-refractivity contribution in [3.8, 4) is 0 Å². The maximum absolute atomic E-state index is 12.4. The van der Waals surface area contributed by atoms with Crippen LogP contribution in [-0.2, 0) is 6.54 Å². The van der Waals surface area contributed by atoms with E-state index in [1.807, 2.05) is 22.5 Å². The van der Waals surface area contributed by atoms with E-state index < -0.39 is 0 Å². The average Bonchev–Trinajstić information content (AvgIpc) is 3.00. The van der Waals surface area contributed by atoms with Crippen LogP contribution in [-0.4, -0.2) is 46.9 Å². The maximum atomic E-state index is 12.4. The third-order valence-corrected chi connectivity index (χ3v) is 4.47. The average molecular weight is 322 g/mol. The van der Waals surface area contributed by atoms with E-state index in [4.69, 9.17) is 11.6 Å². The lowest BCUT2D eigenvalue weighted by Gasteiger charge is -2.34. The van der Waals surface area contributed by atoms with Gasteiger partial charge in [0.05, 0.1) is 11.2 Å². The maximum Gasteiger partial charge on any atom is 0.253 e. The second-order valence-electron chi connectivity index (χ2n) is 5.06. The third kappa shape index (κ3) is 3.61. The molecule has 0 N–H and O–H groups in total. The molecule has 1 amide bonds. The molecule has 3 rings (SSSR count). The Labute approximate surface area is 133 Å². The Morgan fingerprint density at radius 3 is 2.76 bits per heavy atom. The van der Waals surface area contributed by atoms with Crippen molar-refractivity contribution in [2.45, 2.75) is 6.54 Å². The number of rotatable bonds is 3. The number of nitrogens with zero attached hydrogens (tertiary/aromatic N) is 3. The van der Waals surface area contributed by atoms with Crippen molar-refractivity contribution < 1.29 is 4.79 Å². The van der Waals surface area contributed by atoms with Gasteiger partial charge in [-0.3, -0.25) is 9.69 Å². The summed E-state index contributed by atoms with van der Waals surface area (Å²) in [5.41, 5.74) is 3.62. The normalized spacial score (nSPS) is 16.1. The number of aromatic nitrogens is 1. The highest BCUT2D eigenvalue weighted by Crippen LogP contribution is 2.15. The highest BCUT2D eigenvalue weighted by molar-refractivity contribution is 7.07. The van der Waals surface area contributed by atoms with Gasteiger partial charge in [0.25, 0.3) is 5.91 Å². The quantitative estimate of drug-likeness (QED) is 0.872. The molecule has 4 nitrogen and oxygen atoms in total. The fraction of sp³-hybridized carbons (Fsp3) is 0.333. The molecule has 1 aliphatic rings. The van der Waals surface area contributed by atoms with Gasteiger partial charge in [0, 0.05) is 48.7 Å². The van der Waals surface area contributed by atoms with E-state index in [1.165, 1.54) is 0 Å². The molecule has 21 heavy (non-hydrogen) atoms. The van der Waals surface area contributed by atoms with Gasteiger partial charge < -0.3 is 4.90 Å². The lowest BCUT2D eigenvalue weighted by molar-refractivity contribution is 0.0627. The zero-order chi connectivity index (χ0) is 14.7. The predicted molar refractivity (Wildman–Crippen MR) is 84.7 cm³/mol. The van der Waals surface area contributed by atoms with Gasteiger partial charge in [0.1, 0.15) is 0 Å². The molecule has 0 spiro atoms. The number of piperazine rings is 1. The minimum atomic E-state index is 0.0609. The van der Waals surface area contributed by atoms with Crippen LogP contribution < -0.4 is 0 Å². The highest BCUT2D eigenvalue weighted by atomic mass is 35.5. The molecular weight excluding hydrogens is 306 g/mol. The molecule has 0 radical (unpaired) electrons. The zero-order valence-electron chi connectivity index (χ0n) is 11.5. The minimum absolute atomic E-state index is 0.0609. The molecule has 1 fully saturated rings. The van der Waals surface area contributed by atoms with Crippen molar-refractivity contribution in [2.75, 3.05) is 26.2 Å². The molecule has 0 saturated carbocycles. The summed E-state index contributed by atoms with van der Waals surface area (Å²) in [6.07, 6.45) is 0. The fourth-order valence-corrected chi connectivity index (χ4v) is 3.20. The third-order valence-electron chi connectivity index (χ3n) is 3.60. The molecule has 0 bridgehead atoms. The van der Waals surface area contributed by atoms with E-state index in [9.17, 15) is 4.79 Å². The van der Waals surface area contributed by atoms with Crippen molar-refractivity contribution in [1.29, 1.82) is 0 Å². The summed E-state index contributed by atoms with van der Waals surface area (Å²) in [4.78, 5) is 20.9. The molecule has 0 aliphatic carbocycles. The standard InChI is InChI=1S/C15H16ClN3OS/c16-13-3-1-2-12(8-13)15(20)19-6-4-18(5-7-19)9-14-10-21-11-17-14/h1-3,8,10-11H,4-7,9H2. The molecule has 1 saturated heterocycles. The van der Waals surface area contributed by atoms with E-state index in [1.54, 1.807) is 23.5 Å². The van der Waals surface area contributed by atoms with Crippen LogP contribution in [0.5, 0.6) is 0 Å². The van der Waals surface area contributed by atoms with Gasteiger partial charge in [-0.1, -0.05) is 17.7 Å². The number of carbonyl (C=O) groups excluding carboxylic acids is 1. The fourth-order valence-electron chi connectivity index (χ4n) is 2.46. The zero-order valence-corrected chi connectivity index (χ0v) is 13.1. The first-order valence-electron chi connectivity index (χ1n) is 6.86. The first kappa shape index (κ1) is 14.5. The summed E-state index contributed by atoms with van der Waals surface area (Å²) in [5.74, 6) is 0.0609. The van der Waals surface area contributed by atoms with Gasteiger partial charge in [-0.25, -0.2) is 4.98 Å². The highest BCUT2D eigenvalue weighted by Gasteiger charge is 2.22. The molecule has 2 aromatic rings. The van der Waals surface area contributed by atoms with Gasteiger partial charge in [0.15, 0.2) is 0 Å². The molecule has 1 aromatic heterocycles. The topological polar surface area (TPSA) is 36.4 Å². The Kier molecular flexibility index (Phi) is 4.53. The molecular formula is C15H16ClN3OS. The van der Waals surface area contributed by atoms with Gasteiger partial charge in [-0.15, -0.1) is 11.3 Å². The molecule has 0 unspecified atom stereocenters. The van der Waals surface area contributed by atoms with Crippen LogP contribution in [0.25, 0.3) is 0 Å². The number of hydrogen-bond acceptors (Lipinski definition) is 4. The van der Waals surface area contributed by atoms with Crippen LogP contribution in [0.3, 0.4) is 0 Å². The van der Waals surface area contributed by atoms with Crippen LogP contribution in [0.2, 0.25) is 5.02 Å². The van der Waals surface area contributed by atoms with Crippen molar-refractivity contribution in [3.05, 3.63) is 51.4 Å². The lowest BCUT2D eigenvalue weighted by atomic mass is 10.2. The summed E-state index contributed by atoms with van der Waals surface area (Å²) >= 11 is 7.56. The van der Waals surface area contributed by atoms with Crippen LogP contribution in [0, 0.1) is 0 Å². The number of hydrogen-bond donors (Lipinski definition) is 0. The number of halogens is 1. The van der Waals surface area contributed by atoms with E-state index in [-0.39, 0.29) is 5.91 Å². The van der Waals surface area contributed by atoms with E-state index >= 15 is 0 Å². The Morgan fingerprint density at radius 2 is 2.10 bits per heavy atom. The monoisotopic (exact) mass is 321 g/mol. The largest absolute Gasteiger partial charge is 0.336 e. The van der Waals surface area contributed by atoms with Gasteiger partial charge in [-0.05, 0) is 18.2 Å². The summed E-state index contributed by atoms with van der Waals surface area (Å²) < 4.78 is 0. The summed E-state index contributed by atoms with van der Waals surface area (Å²) in [7, 11) is 0. The second-order valence-corrected chi connectivity index (χ2v) is 6.21. The van der Waals surface area contributed by atoms with Crippen LogP contribution in [0.15, 0.2) is 35.2 Å². The first-order valence-corrected chi connectivity index (χ1v) is 8.19. The molecule has 1 aromatic carbocycles. The Morgan fingerprint density at radius 1 is 1.29 bits per heavy atom. The number of thiazole rings is 1. The molecule has 6 heteroatoms. The number of carbonyl (C=O) groups is 1. The van der Waals surface area contributed by atoms with Gasteiger partial charge in [0.2, 0.25) is 0 Å². The van der Waals surface area contributed by atoms with Crippen LogP contribution in [0.1, 0.15) is 16.1 Å².